The number of pyridine rings is 1. The quantitative estimate of drug-likeness (QED) is 0.448. The van der Waals surface area contributed by atoms with Crippen LogP contribution in [0.4, 0.5) is 0 Å². The first-order chi connectivity index (χ1) is 15.4. The summed E-state index contributed by atoms with van der Waals surface area (Å²) in [5, 5.41) is 9.75. The number of carbonyl (C=O) groups excluding carboxylic acids is 1. The second-order valence-corrected chi connectivity index (χ2v) is 9.68. The molecule has 7 nitrogen and oxygen atoms in total. The molecule has 1 amide bonds. The van der Waals surface area contributed by atoms with Crippen LogP contribution in [0.2, 0.25) is 5.15 Å². The molecule has 164 valence electrons. The molecule has 0 spiro atoms. The van der Waals surface area contributed by atoms with Crippen LogP contribution in [0, 0.1) is 6.92 Å². The van der Waals surface area contributed by atoms with Gasteiger partial charge in [0.1, 0.15) is 21.5 Å². The summed E-state index contributed by atoms with van der Waals surface area (Å²) < 4.78 is 0. The Morgan fingerprint density at radius 3 is 2.84 bits per heavy atom. The summed E-state index contributed by atoms with van der Waals surface area (Å²) >= 11 is 7.47. The lowest BCUT2D eigenvalue weighted by molar-refractivity contribution is 0.0779. The topological polar surface area (TPSA) is 78.0 Å². The number of rotatable bonds is 4. The van der Waals surface area contributed by atoms with Crippen LogP contribution in [0.1, 0.15) is 22.5 Å². The largest absolute Gasteiger partial charge is 0.336 e. The molecular weight excluding hydrogens is 444 g/mol. The number of thiazole rings is 1. The average Bonchev–Trinajstić information content (AvgIpc) is 3.52. The molecule has 1 aliphatic rings. The molecule has 3 aromatic heterocycles. The van der Waals surface area contributed by atoms with Crippen molar-refractivity contribution in [3.63, 3.8) is 0 Å². The highest BCUT2D eigenvalue weighted by Crippen LogP contribution is 2.38. The number of fused-ring (bicyclic) bond motifs is 1. The molecule has 1 fully saturated rings. The summed E-state index contributed by atoms with van der Waals surface area (Å²) in [4.78, 5) is 27.5. The van der Waals surface area contributed by atoms with Crippen molar-refractivity contribution in [3.05, 3.63) is 52.9 Å². The Morgan fingerprint density at radius 1 is 1.28 bits per heavy atom. The maximum atomic E-state index is 13.6. The molecular formula is C23H23ClN6OS. The Labute approximate surface area is 195 Å². The molecule has 0 unspecified atom stereocenters. The highest BCUT2D eigenvalue weighted by Gasteiger charge is 2.32. The zero-order valence-corrected chi connectivity index (χ0v) is 19.7. The fraction of sp³-hybridized carbons (Fsp3) is 0.304. The number of halogens is 1. The Hall–Kier alpha value is -2.81. The molecule has 0 saturated carbocycles. The molecule has 4 heterocycles. The van der Waals surface area contributed by atoms with Crippen LogP contribution < -0.4 is 0 Å². The van der Waals surface area contributed by atoms with Gasteiger partial charge in [-0.05, 0) is 45.1 Å². The van der Waals surface area contributed by atoms with Crippen molar-refractivity contribution in [1.29, 1.82) is 0 Å². The normalized spacial score (nSPS) is 16.4. The van der Waals surface area contributed by atoms with Gasteiger partial charge in [0.05, 0.1) is 10.4 Å². The van der Waals surface area contributed by atoms with Gasteiger partial charge in [-0.25, -0.2) is 9.97 Å². The van der Waals surface area contributed by atoms with Crippen molar-refractivity contribution in [2.24, 2.45) is 0 Å². The number of hydrogen-bond donors (Lipinski definition) is 1. The number of para-hydroxylation sites is 1. The van der Waals surface area contributed by atoms with Gasteiger partial charge in [0.15, 0.2) is 0 Å². The number of hydrogen-bond acceptors (Lipinski definition) is 6. The van der Waals surface area contributed by atoms with E-state index in [1.54, 1.807) is 12.3 Å². The number of aromatic nitrogens is 4. The van der Waals surface area contributed by atoms with E-state index in [0.717, 1.165) is 50.6 Å². The maximum absolute atomic E-state index is 13.6. The molecule has 4 aromatic rings. The van der Waals surface area contributed by atoms with Gasteiger partial charge in [0.25, 0.3) is 5.91 Å². The summed E-state index contributed by atoms with van der Waals surface area (Å²) in [6.45, 7) is 3.45. The minimum atomic E-state index is -0.0539. The molecule has 9 heteroatoms. The van der Waals surface area contributed by atoms with E-state index >= 15 is 0 Å². The highest BCUT2D eigenvalue weighted by atomic mass is 35.5. The SMILES string of the molecule is Cc1cccc2c(-c3nc(C(=O)N4CC[C@H](N(C)C)C4)c(-c4ccc(Cl)nc4)s3)[nH]nc12. The van der Waals surface area contributed by atoms with Gasteiger partial charge < -0.3 is 9.80 Å². The number of amides is 1. The molecule has 5 rings (SSSR count). The van der Waals surface area contributed by atoms with Gasteiger partial charge in [-0.3, -0.25) is 9.89 Å². The number of H-pyrrole nitrogens is 1. The summed E-state index contributed by atoms with van der Waals surface area (Å²) in [6, 6.07) is 10.0. The summed E-state index contributed by atoms with van der Waals surface area (Å²) in [7, 11) is 4.10. The minimum Gasteiger partial charge on any atom is -0.336 e. The number of nitrogens with one attached hydrogen (secondary N) is 1. The first-order valence-electron chi connectivity index (χ1n) is 10.4. The van der Waals surface area contributed by atoms with Gasteiger partial charge in [-0.1, -0.05) is 29.8 Å². The molecule has 1 saturated heterocycles. The van der Waals surface area contributed by atoms with E-state index in [0.29, 0.717) is 23.4 Å². The third kappa shape index (κ3) is 3.68. The molecule has 1 N–H and O–H groups in total. The van der Waals surface area contributed by atoms with E-state index in [9.17, 15) is 4.79 Å². The summed E-state index contributed by atoms with van der Waals surface area (Å²) in [5.41, 5.74) is 4.10. The Morgan fingerprint density at radius 2 is 2.12 bits per heavy atom. The predicted molar refractivity (Wildman–Crippen MR) is 128 cm³/mol. The van der Waals surface area contributed by atoms with Crippen molar-refractivity contribution in [3.8, 4) is 21.1 Å². The van der Waals surface area contributed by atoms with Gasteiger partial charge in [-0.2, -0.15) is 5.10 Å². The maximum Gasteiger partial charge on any atom is 0.274 e. The van der Waals surface area contributed by atoms with E-state index in [-0.39, 0.29) is 5.91 Å². The van der Waals surface area contributed by atoms with Crippen LogP contribution in [0.3, 0.4) is 0 Å². The van der Waals surface area contributed by atoms with E-state index in [4.69, 9.17) is 16.6 Å². The van der Waals surface area contributed by atoms with E-state index < -0.39 is 0 Å². The van der Waals surface area contributed by atoms with E-state index in [1.165, 1.54) is 11.3 Å². The van der Waals surface area contributed by atoms with Crippen LogP contribution in [-0.2, 0) is 0 Å². The van der Waals surface area contributed by atoms with E-state index in [2.05, 4.69) is 34.2 Å². The lowest BCUT2D eigenvalue weighted by Gasteiger charge is -2.20. The third-order valence-corrected chi connectivity index (χ3v) is 7.35. The van der Waals surface area contributed by atoms with Gasteiger partial charge in [0.2, 0.25) is 0 Å². The number of likely N-dealkylation sites (N-methyl/N-ethyl adjacent to an activating group) is 1. The molecule has 0 aliphatic carbocycles. The average molecular weight is 467 g/mol. The van der Waals surface area contributed by atoms with Crippen molar-refractivity contribution in [2.75, 3.05) is 27.2 Å². The standard InChI is InChI=1S/C23H23ClN6OS/c1-13-5-4-6-16-18(13)27-28-19(16)22-26-20(21(32-22)14-7-8-17(24)25-11-14)23(31)30-10-9-15(12-30)29(2)3/h4-8,11,15H,9-10,12H2,1-3H3,(H,27,28)/t15-/m0/s1. The molecule has 32 heavy (non-hydrogen) atoms. The fourth-order valence-electron chi connectivity index (χ4n) is 4.12. The lowest BCUT2D eigenvalue weighted by Crippen LogP contribution is -2.34. The molecule has 1 atom stereocenters. The van der Waals surface area contributed by atoms with Crippen molar-refractivity contribution in [2.45, 2.75) is 19.4 Å². The lowest BCUT2D eigenvalue weighted by atomic mass is 10.1. The minimum absolute atomic E-state index is 0.0539. The number of likely N-dealkylation sites (tertiary alicyclic amines) is 1. The van der Waals surface area contributed by atoms with Crippen molar-refractivity contribution < 1.29 is 4.79 Å². The Kier molecular flexibility index (Phi) is 5.44. The van der Waals surface area contributed by atoms with Crippen LogP contribution in [-0.4, -0.2) is 69.1 Å². The monoisotopic (exact) mass is 466 g/mol. The zero-order chi connectivity index (χ0) is 22.4. The number of aryl methyl sites for hydroxylation is 1. The molecule has 0 radical (unpaired) electrons. The van der Waals surface area contributed by atoms with Crippen molar-refractivity contribution >= 4 is 39.7 Å². The van der Waals surface area contributed by atoms with Gasteiger partial charge >= 0.3 is 0 Å². The predicted octanol–water partition coefficient (Wildman–Crippen LogP) is 4.49. The molecule has 1 aromatic carbocycles. The Balaban J connectivity index is 1.60. The third-order valence-electron chi connectivity index (χ3n) is 6.00. The number of nitrogens with zero attached hydrogens (tertiary/aromatic N) is 5. The van der Waals surface area contributed by atoms with E-state index in [1.807, 2.05) is 36.1 Å². The highest BCUT2D eigenvalue weighted by molar-refractivity contribution is 7.18. The number of aromatic amines is 1. The molecule has 0 bridgehead atoms. The first-order valence-corrected chi connectivity index (χ1v) is 11.6. The molecule has 1 aliphatic heterocycles. The van der Waals surface area contributed by atoms with Crippen LogP contribution in [0.25, 0.3) is 32.0 Å². The van der Waals surface area contributed by atoms with Crippen LogP contribution in [0.15, 0.2) is 36.5 Å². The number of carbonyl (C=O) groups is 1. The second kappa shape index (κ2) is 8.27. The van der Waals surface area contributed by atoms with Gasteiger partial charge in [0, 0.05) is 36.3 Å². The zero-order valence-electron chi connectivity index (χ0n) is 18.1. The van der Waals surface area contributed by atoms with Crippen molar-refractivity contribution in [1.82, 2.24) is 30.0 Å². The summed E-state index contributed by atoms with van der Waals surface area (Å²) in [5.74, 6) is -0.0539. The Bertz CT molecular complexity index is 1300. The van der Waals surface area contributed by atoms with Gasteiger partial charge in [-0.15, -0.1) is 11.3 Å². The van der Waals surface area contributed by atoms with Crippen LogP contribution in [0.5, 0.6) is 0 Å². The summed E-state index contributed by atoms with van der Waals surface area (Å²) in [6.07, 6.45) is 2.65. The second-order valence-electron chi connectivity index (χ2n) is 8.29. The first kappa shape index (κ1) is 21.1. The fourth-order valence-corrected chi connectivity index (χ4v) is 5.29. The smallest absolute Gasteiger partial charge is 0.274 e. The van der Waals surface area contributed by atoms with Crippen LogP contribution >= 0.6 is 22.9 Å². The number of benzene rings is 1.